The van der Waals surface area contributed by atoms with Crippen LogP contribution in [0.3, 0.4) is 0 Å². The number of nitrogens with two attached hydrogens (primary N) is 1. The Bertz CT molecular complexity index is 651. The molecule has 0 bridgehead atoms. The number of hydrogen-bond donors (Lipinski definition) is 3. The maximum atomic E-state index is 7.44. The zero-order valence-corrected chi connectivity index (χ0v) is 11.6. The highest BCUT2D eigenvalue weighted by atomic mass is 35.5. The van der Waals surface area contributed by atoms with Gasteiger partial charge in [-0.1, -0.05) is 11.6 Å². The van der Waals surface area contributed by atoms with Gasteiger partial charge in [-0.25, -0.2) is 4.98 Å². The molecular weight excluding hydrogens is 278 g/mol. The van der Waals surface area contributed by atoms with E-state index in [0.29, 0.717) is 23.2 Å². The number of rotatable bonds is 4. The molecule has 1 aliphatic rings. The van der Waals surface area contributed by atoms with Crippen molar-refractivity contribution < 1.29 is 0 Å². The van der Waals surface area contributed by atoms with Gasteiger partial charge in [0, 0.05) is 6.20 Å². The van der Waals surface area contributed by atoms with Crippen LogP contribution in [0.2, 0.25) is 0 Å². The lowest BCUT2D eigenvalue weighted by Gasteiger charge is -2.08. The lowest BCUT2D eigenvalue weighted by atomic mass is 10.2. The van der Waals surface area contributed by atoms with Crippen LogP contribution >= 0.6 is 11.6 Å². The third-order valence-electron chi connectivity index (χ3n) is 3.12. The van der Waals surface area contributed by atoms with Crippen LogP contribution in [0.5, 0.6) is 0 Å². The smallest absolute Gasteiger partial charge is 0.229 e. The average molecular weight is 292 g/mol. The third kappa shape index (κ3) is 2.44. The molecule has 7 nitrogen and oxygen atoms in total. The van der Waals surface area contributed by atoms with Gasteiger partial charge in [0.25, 0.3) is 0 Å². The first-order chi connectivity index (χ1) is 9.54. The summed E-state index contributed by atoms with van der Waals surface area (Å²) >= 11 is 5.66. The molecule has 4 N–H and O–H groups in total. The van der Waals surface area contributed by atoms with Gasteiger partial charge in [0.2, 0.25) is 5.95 Å². The number of nitrogens with zero attached hydrogens (tertiary/aromatic N) is 4. The lowest BCUT2D eigenvalue weighted by Crippen LogP contribution is -2.09. The molecule has 0 aliphatic heterocycles. The van der Waals surface area contributed by atoms with E-state index in [1.807, 2.05) is 10.9 Å². The molecule has 0 unspecified atom stereocenters. The summed E-state index contributed by atoms with van der Waals surface area (Å²) in [6.45, 7) is 1.74. The largest absolute Gasteiger partial charge is 0.383 e. The molecule has 0 spiro atoms. The predicted molar refractivity (Wildman–Crippen MR) is 77.6 cm³/mol. The van der Waals surface area contributed by atoms with Crippen molar-refractivity contribution in [3.8, 4) is 0 Å². The highest BCUT2D eigenvalue weighted by Gasteiger charge is 2.24. The van der Waals surface area contributed by atoms with Crippen LogP contribution in [-0.2, 0) is 0 Å². The Hall–Kier alpha value is -2.15. The van der Waals surface area contributed by atoms with E-state index in [9.17, 15) is 0 Å². The van der Waals surface area contributed by atoms with Crippen LogP contribution in [0.1, 0.15) is 30.1 Å². The fourth-order valence-electron chi connectivity index (χ4n) is 1.99. The van der Waals surface area contributed by atoms with E-state index in [1.165, 1.54) is 12.8 Å². The summed E-state index contributed by atoms with van der Waals surface area (Å²) in [7, 11) is 0. The third-order valence-corrected chi connectivity index (χ3v) is 3.31. The standard InChI is InChI=1S/C12H14ClN7/c1-6-9(10(13)14)11(15)19-12(17-6)18-7-4-16-20(5-7)8-2-3-8/h4-5,8,14H,2-3H2,1H3,(H3,15,17,18,19). The number of aryl methyl sites for hydroxylation is 1. The Morgan fingerprint density at radius 3 is 2.85 bits per heavy atom. The molecule has 1 fully saturated rings. The first kappa shape index (κ1) is 12.9. The molecule has 104 valence electrons. The molecule has 0 amide bonds. The average Bonchev–Trinajstić information content (AvgIpc) is 3.09. The highest BCUT2D eigenvalue weighted by Crippen LogP contribution is 2.34. The van der Waals surface area contributed by atoms with E-state index in [2.05, 4.69) is 20.4 Å². The number of nitrogens with one attached hydrogen (secondary N) is 2. The Kier molecular flexibility index (Phi) is 3.06. The molecule has 1 saturated carbocycles. The Morgan fingerprint density at radius 2 is 2.25 bits per heavy atom. The van der Waals surface area contributed by atoms with Gasteiger partial charge in [-0.3, -0.25) is 10.1 Å². The number of anilines is 3. The van der Waals surface area contributed by atoms with Crippen LogP contribution in [0.4, 0.5) is 17.5 Å². The molecule has 0 aromatic carbocycles. The Morgan fingerprint density at radius 1 is 1.50 bits per heavy atom. The second-order valence-electron chi connectivity index (χ2n) is 4.77. The normalized spacial score (nSPS) is 14.3. The quantitative estimate of drug-likeness (QED) is 0.749. The van der Waals surface area contributed by atoms with Crippen LogP contribution in [-0.4, -0.2) is 24.9 Å². The van der Waals surface area contributed by atoms with Crippen molar-refractivity contribution in [2.24, 2.45) is 0 Å². The fraction of sp³-hybridized carbons (Fsp3) is 0.333. The first-order valence-electron chi connectivity index (χ1n) is 6.24. The van der Waals surface area contributed by atoms with Gasteiger partial charge >= 0.3 is 0 Å². The van der Waals surface area contributed by atoms with Crippen molar-refractivity contribution in [2.75, 3.05) is 11.1 Å². The van der Waals surface area contributed by atoms with Crippen LogP contribution in [0, 0.1) is 12.3 Å². The van der Waals surface area contributed by atoms with Crippen molar-refractivity contribution in [1.29, 1.82) is 5.41 Å². The SMILES string of the molecule is Cc1nc(Nc2cnn(C3CC3)c2)nc(N)c1C(=N)Cl. The van der Waals surface area contributed by atoms with Crippen molar-refractivity contribution in [3.63, 3.8) is 0 Å². The molecule has 3 rings (SSSR count). The number of nitrogen functional groups attached to an aromatic ring is 1. The van der Waals surface area contributed by atoms with Crippen LogP contribution in [0.25, 0.3) is 0 Å². The van der Waals surface area contributed by atoms with Crippen LogP contribution < -0.4 is 11.1 Å². The minimum Gasteiger partial charge on any atom is -0.383 e. The minimum absolute atomic E-state index is 0.159. The fourth-order valence-corrected chi connectivity index (χ4v) is 2.23. The predicted octanol–water partition coefficient (Wildman–Crippen LogP) is 2.21. The van der Waals surface area contributed by atoms with Crippen molar-refractivity contribution in [3.05, 3.63) is 23.7 Å². The maximum absolute atomic E-state index is 7.44. The van der Waals surface area contributed by atoms with Gasteiger partial charge in [0.1, 0.15) is 11.0 Å². The monoisotopic (exact) mass is 291 g/mol. The van der Waals surface area contributed by atoms with Gasteiger partial charge in [-0.05, 0) is 19.8 Å². The van der Waals surface area contributed by atoms with Gasteiger partial charge in [0.15, 0.2) is 0 Å². The van der Waals surface area contributed by atoms with Gasteiger partial charge in [-0.2, -0.15) is 10.1 Å². The zero-order valence-electron chi connectivity index (χ0n) is 10.9. The summed E-state index contributed by atoms with van der Waals surface area (Å²) in [6.07, 6.45) is 6.00. The van der Waals surface area contributed by atoms with E-state index < -0.39 is 0 Å². The molecular formula is C12H14ClN7. The Balaban J connectivity index is 1.84. The summed E-state index contributed by atoms with van der Waals surface area (Å²) in [5, 5.41) is 14.6. The second-order valence-corrected chi connectivity index (χ2v) is 5.15. The van der Waals surface area contributed by atoms with E-state index in [1.54, 1.807) is 13.1 Å². The van der Waals surface area contributed by atoms with E-state index in [-0.39, 0.29) is 11.0 Å². The van der Waals surface area contributed by atoms with Gasteiger partial charge in [-0.15, -0.1) is 0 Å². The lowest BCUT2D eigenvalue weighted by molar-refractivity contribution is 0.642. The summed E-state index contributed by atoms with van der Waals surface area (Å²) in [5.74, 6) is 0.562. The molecule has 0 saturated heterocycles. The van der Waals surface area contributed by atoms with Crippen molar-refractivity contribution in [1.82, 2.24) is 19.7 Å². The second kappa shape index (κ2) is 4.75. The van der Waals surface area contributed by atoms with Gasteiger partial charge in [0.05, 0.1) is 29.2 Å². The molecule has 0 radical (unpaired) electrons. The van der Waals surface area contributed by atoms with Crippen molar-refractivity contribution in [2.45, 2.75) is 25.8 Å². The number of aromatic nitrogens is 4. The first-order valence-corrected chi connectivity index (χ1v) is 6.62. The summed E-state index contributed by atoms with van der Waals surface area (Å²) in [6, 6.07) is 0.525. The summed E-state index contributed by atoms with van der Waals surface area (Å²) in [5.41, 5.74) is 7.54. The Labute approximate surface area is 120 Å². The summed E-state index contributed by atoms with van der Waals surface area (Å²) < 4.78 is 1.93. The topological polar surface area (TPSA) is 106 Å². The van der Waals surface area contributed by atoms with E-state index in [4.69, 9.17) is 22.7 Å². The molecule has 8 heteroatoms. The molecule has 2 aromatic heterocycles. The molecule has 2 heterocycles. The van der Waals surface area contributed by atoms with Crippen molar-refractivity contribution >= 4 is 34.2 Å². The molecule has 20 heavy (non-hydrogen) atoms. The molecule has 1 aliphatic carbocycles. The van der Waals surface area contributed by atoms with E-state index in [0.717, 1.165) is 5.69 Å². The van der Waals surface area contributed by atoms with Gasteiger partial charge < -0.3 is 11.1 Å². The number of halogens is 1. The maximum Gasteiger partial charge on any atom is 0.229 e. The van der Waals surface area contributed by atoms with Crippen LogP contribution in [0.15, 0.2) is 12.4 Å². The zero-order chi connectivity index (χ0) is 14.3. The number of hydrogen-bond acceptors (Lipinski definition) is 6. The highest BCUT2D eigenvalue weighted by molar-refractivity contribution is 6.69. The van der Waals surface area contributed by atoms with E-state index >= 15 is 0 Å². The summed E-state index contributed by atoms with van der Waals surface area (Å²) in [4.78, 5) is 8.37. The molecule has 0 atom stereocenters. The molecule has 2 aromatic rings. The minimum atomic E-state index is -0.159.